The highest BCUT2D eigenvalue weighted by atomic mass is 79.9. The van der Waals surface area contributed by atoms with Crippen molar-refractivity contribution in [3.05, 3.63) is 29.8 Å². The first-order valence-corrected chi connectivity index (χ1v) is 8.05. The standard InChI is InChI=1S/C12H16BrNO3S/c1-12(2,8-14-11(13)15)9-4-6-10(7-5-9)18(3,16)17/h4-7H,8H2,1-3H3,(H,14,15). The van der Waals surface area contributed by atoms with Gasteiger partial charge in [-0.3, -0.25) is 4.79 Å². The van der Waals surface area contributed by atoms with E-state index in [1.807, 2.05) is 13.8 Å². The van der Waals surface area contributed by atoms with Crippen molar-refractivity contribution in [3.63, 3.8) is 0 Å². The van der Waals surface area contributed by atoms with Gasteiger partial charge in [0.25, 0.3) is 4.82 Å². The van der Waals surface area contributed by atoms with Crippen LogP contribution in [0, 0.1) is 0 Å². The maximum atomic E-state index is 11.3. The number of hydrogen-bond acceptors (Lipinski definition) is 3. The molecule has 0 aliphatic heterocycles. The molecule has 1 N–H and O–H groups in total. The van der Waals surface area contributed by atoms with Gasteiger partial charge in [-0.2, -0.15) is 0 Å². The topological polar surface area (TPSA) is 63.2 Å². The maximum absolute atomic E-state index is 11.3. The summed E-state index contributed by atoms with van der Waals surface area (Å²) in [7, 11) is -3.17. The molecule has 0 saturated carbocycles. The minimum absolute atomic E-state index is 0.261. The molecule has 1 aromatic carbocycles. The fraction of sp³-hybridized carbons (Fsp3) is 0.417. The highest BCUT2D eigenvalue weighted by molar-refractivity contribution is 9.18. The first kappa shape index (κ1) is 15.2. The average molecular weight is 334 g/mol. The number of nitrogens with one attached hydrogen (secondary N) is 1. The predicted octanol–water partition coefficient (Wildman–Crippen LogP) is 2.47. The van der Waals surface area contributed by atoms with Crippen molar-refractivity contribution in [1.29, 1.82) is 0 Å². The molecule has 18 heavy (non-hydrogen) atoms. The molecule has 1 aromatic rings. The molecule has 0 unspecified atom stereocenters. The molecule has 0 saturated heterocycles. The predicted molar refractivity (Wildman–Crippen MR) is 74.9 cm³/mol. The van der Waals surface area contributed by atoms with Gasteiger partial charge in [0.15, 0.2) is 9.84 Å². The summed E-state index contributed by atoms with van der Waals surface area (Å²) in [5.74, 6) is 0. The molecule has 0 radical (unpaired) electrons. The van der Waals surface area contributed by atoms with Crippen LogP contribution in [0.1, 0.15) is 19.4 Å². The molecule has 0 aliphatic carbocycles. The van der Waals surface area contributed by atoms with Crippen molar-refractivity contribution >= 4 is 30.6 Å². The zero-order valence-electron chi connectivity index (χ0n) is 10.5. The quantitative estimate of drug-likeness (QED) is 0.680. The number of benzene rings is 1. The van der Waals surface area contributed by atoms with Crippen molar-refractivity contribution in [1.82, 2.24) is 5.32 Å². The third-order valence-corrected chi connectivity index (χ3v) is 4.14. The van der Waals surface area contributed by atoms with Gasteiger partial charge in [-0.25, -0.2) is 8.42 Å². The Morgan fingerprint density at radius 2 is 1.78 bits per heavy atom. The average Bonchev–Trinajstić information content (AvgIpc) is 2.26. The number of halogens is 1. The van der Waals surface area contributed by atoms with Crippen LogP contribution in [0.4, 0.5) is 4.79 Å². The lowest BCUT2D eigenvalue weighted by Crippen LogP contribution is -2.34. The summed E-state index contributed by atoms with van der Waals surface area (Å²) in [5.41, 5.74) is 0.704. The molecule has 100 valence electrons. The van der Waals surface area contributed by atoms with Crippen LogP contribution in [0.25, 0.3) is 0 Å². The second-order valence-corrected chi connectivity index (χ2v) is 7.54. The molecule has 1 rings (SSSR count). The second kappa shape index (κ2) is 5.40. The third-order valence-electron chi connectivity index (χ3n) is 2.73. The zero-order valence-corrected chi connectivity index (χ0v) is 12.9. The van der Waals surface area contributed by atoms with Gasteiger partial charge in [0, 0.05) is 34.1 Å². The highest BCUT2D eigenvalue weighted by Crippen LogP contribution is 2.23. The van der Waals surface area contributed by atoms with E-state index in [1.165, 1.54) is 6.26 Å². The third kappa shape index (κ3) is 4.10. The van der Waals surface area contributed by atoms with E-state index in [0.717, 1.165) is 5.56 Å². The SMILES string of the molecule is CC(C)(CNC(=O)Br)c1ccc(S(C)(=O)=O)cc1. The van der Waals surface area contributed by atoms with Gasteiger partial charge in [0.2, 0.25) is 0 Å². The lowest BCUT2D eigenvalue weighted by Gasteiger charge is -2.25. The summed E-state index contributed by atoms with van der Waals surface area (Å²) in [4.78, 5) is 10.9. The number of carbonyl (C=O) groups excluding carboxylic acids is 1. The van der Waals surface area contributed by atoms with E-state index in [2.05, 4.69) is 21.2 Å². The Labute approximate surface area is 116 Å². The van der Waals surface area contributed by atoms with E-state index in [9.17, 15) is 13.2 Å². The second-order valence-electron chi connectivity index (χ2n) is 4.81. The van der Waals surface area contributed by atoms with Crippen LogP contribution in [0.2, 0.25) is 0 Å². The Morgan fingerprint density at radius 3 is 2.17 bits per heavy atom. The van der Waals surface area contributed by atoms with Crippen LogP contribution in [0.3, 0.4) is 0 Å². The number of hydrogen-bond donors (Lipinski definition) is 1. The molecule has 0 aliphatic rings. The largest absolute Gasteiger partial charge is 0.346 e. The van der Waals surface area contributed by atoms with Gasteiger partial charge in [-0.15, -0.1) is 0 Å². The van der Waals surface area contributed by atoms with E-state index < -0.39 is 9.84 Å². The van der Waals surface area contributed by atoms with Gasteiger partial charge < -0.3 is 5.32 Å². The van der Waals surface area contributed by atoms with Crippen molar-refractivity contribution in [3.8, 4) is 0 Å². The van der Waals surface area contributed by atoms with Crippen LogP contribution in [0.15, 0.2) is 29.2 Å². The number of rotatable bonds is 4. The molecule has 0 spiro atoms. The summed E-state index contributed by atoms with van der Waals surface area (Å²) in [6, 6.07) is 6.72. The molecule has 0 heterocycles. The van der Waals surface area contributed by atoms with Crippen LogP contribution in [-0.2, 0) is 15.3 Å². The first-order valence-electron chi connectivity index (χ1n) is 5.37. The van der Waals surface area contributed by atoms with E-state index in [1.54, 1.807) is 24.3 Å². The smallest absolute Gasteiger partial charge is 0.287 e. The van der Waals surface area contributed by atoms with Crippen LogP contribution in [0.5, 0.6) is 0 Å². The monoisotopic (exact) mass is 333 g/mol. The molecule has 4 nitrogen and oxygen atoms in total. The summed E-state index contributed by atoms with van der Waals surface area (Å²) in [6.07, 6.45) is 1.18. The van der Waals surface area contributed by atoms with Gasteiger partial charge in [-0.05, 0) is 17.7 Å². The molecule has 0 aromatic heterocycles. The summed E-state index contributed by atoms with van der Waals surface area (Å²) in [6.45, 7) is 4.42. The minimum Gasteiger partial charge on any atom is -0.346 e. The Bertz CT molecular complexity index is 535. The molecule has 6 heteroatoms. The first-order chi connectivity index (χ1) is 8.13. The molecule has 0 bridgehead atoms. The summed E-state index contributed by atoms with van der Waals surface area (Å²) >= 11 is 2.81. The highest BCUT2D eigenvalue weighted by Gasteiger charge is 2.21. The minimum atomic E-state index is -3.17. The fourth-order valence-electron chi connectivity index (χ4n) is 1.55. The van der Waals surface area contributed by atoms with Crippen molar-refractivity contribution in [2.24, 2.45) is 0 Å². The van der Waals surface area contributed by atoms with Crippen LogP contribution < -0.4 is 5.32 Å². The Hall–Kier alpha value is -0.880. The van der Waals surface area contributed by atoms with E-state index in [4.69, 9.17) is 0 Å². The zero-order chi connectivity index (χ0) is 14.0. The van der Waals surface area contributed by atoms with Gasteiger partial charge in [0.1, 0.15) is 0 Å². The van der Waals surface area contributed by atoms with Crippen molar-refractivity contribution in [2.75, 3.05) is 12.8 Å². The van der Waals surface area contributed by atoms with Crippen molar-refractivity contribution < 1.29 is 13.2 Å². The van der Waals surface area contributed by atoms with Crippen LogP contribution >= 0.6 is 15.9 Å². The lowest BCUT2D eigenvalue weighted by molar-refractivity contribution is 0.259. The molecule has 0 fully saturated rings. The lowest BCUT2D eigenvalue weighted by atomic mass is 9.85. The molecular formula is C12H16BrNO3S. The Balaban J connectivity index is 2.94. The van der Waals surface area contributed by atoms with Crippen molar-refractivity contribution in [2.45, 2.75) is 24.2 Å². The number of sulfone groups is 1. The van der Waals surface area contributed by atoms with E-state index >= 15 is 0 Å². The van der Waals surface area contributed by atoms with Gasteiger partial charge >= 0.3 is 0 Å². The van der Waals surface area contributed by atoms with E-state index in [-0.39, 0.29) is 10.2 Å². The summed E-state index contributed by atoms with van der Waals surface area (Å²) < 4.78 is 22.7. The van der Waals surface area contributed by atoms with Crippen LogP contribution in [-0.4, -0.2) is 26.0 Å². The maximum Gasteiger partial charge on any atom is 0.287 e. The van der Waals surface area contributed by atoms with Gasteiger partial charge in [-0.1, -0.05) is 26.0 Å². The fourth-order valence-corrected chi connectivity index (χ4v) is 2.32. The summed E-state index contributed by atoms with van der Waals surface area (Å²) in [5, 5.41) is 2.69. The Morgan fingerprint density at radius 1 is 1.28 bits per heavy atom. The number of carbonyl (C=O) groups is 1. The molecule has 1 amide bonds. The molecular weight excluding hydrogens is 318 g/mol. The normalized spacial score (nSPS) is 12.2. The van der Waals surface area contributed by atoms with E-state index in [0.29, 0.717) is 11.4 Å². The van der Waals surface area contributed by atoms with Gasteiger partial charge in [0.05, 0.1) is 4.90 Å². The Kier molecular flexibility index (Phi) is 4.55. The molecule has 0 atom stereocenters. The number of amides is 1.